The molecule has 0 spiro atoms. The minimum atomic E-state index is -4.15. The van der Waals surface area contributed by atoms with E-state index in [1.807, 2.05) is 37.3 Å². The summed E-state index contributed by atoms with van der Waals surface area (Å²) in [6, 6.07) is 16.5. The molecule has 2 atom stereocenters. The second-order valence-electron chi connectivity index (χ2n) is 9.93. The molecule has 1 aromatic heterocycles. The van der Waals surface area contributed by atoms with E-state index in [1.54, 1.807) is 32.9 Å². The van der Waals surface area contributed by atoms with Crippen molar-refractivity contribution in [1.29, 1.82) is 0 Å². The number of thiophene rings is 1. The van der Waals surface area contributed by atoms with Crippen LogP contribution in [0.3, 0.4) is 0 Å². The van der Waals surface area contributed by atoms with E-state index < -0.39 is 37.5 Å². The van der Waals surface area contributed by atoms with Crippen LogP contribution in [0.25, 0.3) is 10.4 Å². The Balaban J connectivity index is 1.69. The Labute approximate surface area is 218 Å². The number of nitro groups is 1. The predicted molar refractivity (Wildman–Crippen MR) is 139 cm³/mol. The fourth-order valence-corrected chi connectivity index (χ4v) is 7.14. The first-order valence-electron chi connectivity index (χ1n) is 11.1. The summed E-state index contributed by atoms with van der Waals surface area (Å²) in [7, 11) is -4.15. The Morgan fingerprint density at radius 2 is 1.81 bits per heavy atom. The van der Waals surface area contributed by atoms with Gasteiger partial charge in [0, 0.05) is 16.4 Å². The van der Waals surface area contributed by atoms with Gasteiger partial charge in [-0.25, -0.2) is 13.2 Å². The average molecular weight is 549 g/mol. The van der Waals surface area contributed by atoms with Gasteiger partial charge in [-0.15, -0.1) is 11.3 Å². The first kappa shape index (κ1) is 26.3. The summed E-state index contributed by atoms with van der Waals surface area (Å²) in [6.45, 7) is 7.02. The van der Waals surface area contributed by atoms with Crippen molar-refractivity contribution in [2.24, 2.45) is 0 Å². The van der Waals surface area contributed by atoms with Gasteiger partial charge in [0.15, 0.2) is 0 Å². The lowest BCUT2D eigenvalue weighted by molar-refractivity contribution is -0.384. The number of nitrogens with one attached hydrogen (secondary N) is 1. The minimum Gasteiger partial charge on any atom is -0.459 e. The van der Waals surface area contributed by atoms with Gasteiger partial charge in [0.05, 0.1) is 4.92 Å². The van der Waals surface area contributed by atoms with E-state index >= 15 is 0 Å². The molecule has 2 aromatic carbocycles. The zero-order valence-electron chi connectivity index (χ0n) is 20.1. The molecule has 4 rings (SSSR count). The highest BCUT2D eigenvalue weighted by molar-refractivity contribution is 7.91. The molecular formula is C25H25ClN2O6S2. The number of benzene rings is 2. The lowest BCUT2D eigenvalue weighted by Gasteiger charge is -2.27. The van der Waals surface area contributed by atoms with E-state index in [0.717, 1.165) is 16.9 Å². The number of hydrogen-bond acceptors (Lipinski definition) is 7. The van der Waals surface area contributed by atoms with Gasteiger partial charge in [-0.05, 0) is 56.5 Å². The van der Waals surface area contributed by atoms with Crippen LogP contribution < -0.4 is 4.72 Å². The van der Waals surface area contributed by atoms with Crippen molar-refractivity contribution in [3.05, 3.63) is 81.4 Å². The summed E-state index contributed by atoms with van der Waals surface area (Å²) in [6.07, 6.45) is 0.236. The maximum atomic E-state index is 13.5. The average Bonchev–Trinajstić information content (AvgIpc) is 3.14. The van der Waals surface area contributed by atoms with Gasteiger partial charge in [0.1, 0.15) is 20.4 Å². The summed E-state index contributed by atoms with van der Waals surface area (Å²) in [4.78, 5) is 24.5. The topological polar surface area (TPSA) is 116 Å². The first-order chi connectivity index (χ1) is 16.7. The highest BCUT2D eigenvalue weighted by Gasteiger charge is 2.73. The summed E-state index contributed by atoms with van der Waals surface area (Å²) >= 11 is 6.84. The third-order valence-electron chi connectivity index (χ3n) is 6.18. The third kappa shape index (κ3) is 4.78. The van der Waals surface area contributed by atoms with Crippen molar-refractivity contribution in [3.8, 4) is 10.4 Å². The number of sulfonamides is 1. The van der Waals surface area contributed by atoms with Crippen LogP contribution in [-0.4, -0.2) is 30.5 Å². The molecule has 0 aliphatic heterocycles. The van der Waals surface area contributed by atoms with E-state index in [0.29, 0.717) is 10.4 Å². The van der Waals surface area contributed by atoms with Crippen molar-refractivity contribution in [1.82, 2.24) is 4.72 Å². The Morgan fingerprint density at radius 1 is 1.14 bits per heavy atom. The second-order valence-corrected chi connectivity index (χ2v) is 13.3. The number of carbonyl (C=O) groups is 1. The van der Waals surface area contributed by atoms with Gasteiger partial charge < -0.3 is 4.74 Å². The summed E-state index contributed by atoms with van der Waals surface area (Å²) in [5.41, 5.74) is -2.09. The van der Waals surface area contributed by atoms with Crippen molar-refractivity contribution >= 4 is 44.6 Å². The van der Waals surface area contributed by atoms with E-state index in [4.69, 9.17) is 16.3 Å². The molecule has 1 saturated carbocycles. The Morgan fingerprint density at radius 3 is 2.42 bits per heavy atom. The number of carbonyl (C=O) groups excluding carboxylic acids is 1. The van der Waals surface area contributed by atoms with Crippen LogP contribution >= 0.6 is 22.9 Å². The Hall–Kier alpha value is -2.79. The number of nitrogens with zero attached hydrogens (tertiary/aromatic N) is 1. The normalized spacial score (nSPS) is 21.7. The molecule has 0 bridgehead atoms. The number of nitro benzene ring substituents is 1. The van der Waals surface area contributed by atoms with Crippen molar-refractivity contribution in [2.75, 3.05) is 0 Å². The van der Waals surface area contributed by atoms with Gasteiger partial charge in [-0.2, -0.15) is 4.72 Å². The lowest BCUT2D eigenvalue weighted by atomic mass is 9.93. The van der Waals surface area contributed by atoms with Crippen LogP contribution in [0.4, 0.5) is 5.69 Å². The van der Waals surface area contributed by atoms with Crippen LogP contribution in [-0.2, 0) is 25.0 Å². The quantitative estimate of drug-likeness (QED) is 0.230. The molecule has 1 N–H and O–H groups in total. The fraction of sp³-hybridized carbons (Fsp3) is 0.320. The molecular weight excluding hydrogens is 524 g/mol. The fourth-order valence-electron chi connectivity index (χ4n) is 4.20. The maximum Gasteiger partial charge on any atom is 0.328 e. The van der Waals surface area contributed by atoms with Crippen molar-refractivity contribution in [3.63, 3.8) is 0 Å². The molecule has 36 heavy (non-hydrogen) atoms. The largest absolute Gasteiger partial charge is 0.459 e. The van der Waals surface area contributed by atoms with Crippen LogP contribution in [0.2, 0.25) is 5.02 Å². The maximum absolute atomic E-state index is 13.5. The predicted octanol–water partition coefficient (Wildman–Crippen LogP) is 5.70. The number of esters is 1. The minimum absolute atomic E-state index is 0.0111. The molecule has 0 radical (unpaired) electrons. The van der Waals surface area contributed by atoms with Crippen molar-refractivity contribution < 1.29 is 22.9 Å². The molecule has 1 unspecified atom stereocenters. The number of ether oxygens (including phenoxy) is 1. The Bertz CT molecular complexity index is 1450. The molecule has 1 aliphatic carbocycles. The Kier molecular flexibility index (Phi) is 6.53. The highest BCUT2D eigenvalue weighted by Crippen LogP contribution is 2.59. The number of rotatable bonds is 7. The third-order valence-corrected chi connectivity index (χ3v) is 9.62. The molecule has 1 heterocycles. The zero-order chi connectivity index (χ0) is 26.5. The van der Waals surface area contributed by atoms with Gasteiger partial charge >= 0.3 is 5.97 Å². The van der Waals surface area contributed by atoms with Gasteiger partial charge in [-0.1, -0.05) is 54.9 Å². The van der Waals surface area contributed by atoms with Crippen LogP contribution in [0, 0.1) is 10.1 Å². The molecule has 190 valence electrons. The van der Waals surface area contributed by atoms with Gasteiger partial charge in [-0.3, -0.25) is 10.1 Å². The smallest absolute Gasteiger partial charge is 0.328 e. The standard InChI is InChI=1S/C25H25ClN2O6S2/c1-23(2,3)34-22(29)25(15-24(25,4)17-8-6-5-7-9-17)27-36(32,33)21-13-12-20(35-21)16-10-11-18(26)19(14-16)28(30)31/h5-14,27H,15H2,1-4H3/t24?,25-/m1/s1. The number of hydrogen-bond donors (Lipinski definition) is 1. The van der Waals surface area contributed by atoms with E-state index in [2.05, 4.69) is 4.72 Å². The first-order valence-corrected chi connectivity index (χ1v) is 13.7. The van der Waals surface area contributed by atoms with E-state index in [-0.39, 0.29) is 21.3 Å². The zero-order valence-corrected chi connectivity index (χ0v) is 22.5. The summed E-state index contributed by atoms with van der Waals surface area (Å²) in [5, 5.41) is 11.2. The molecule has 3 aromatic rings. The molecule has 1 fully saturated rings. The van der Waals surface area contributed by atoms with Crippen molar-refractivity contribution in [2.45, 2.75) is 54.9 Å². The van der Waals surface area contributed by atoms with Crippen LogP contribution in [0.1, 0.15) is 39.7 Å². The van der Waals surface area contributed by atoms with Gasteiger partial charge in [0.2, 0.25) is 0 Å². The number of halogens is 1. The summed E-state index contributed by atoms with van der Waals surface area (Å²) in [5.74, 6) is -0.643. The van der Waals surface area contributed by atoms with Crippen LogP contribution in [0.5, 0.6) is 0 Å². The van der Waals surface area contributed by atoms with E-state index in [9.17, 15) is 23.3 Å². The van der Waals surface area contributed by atoms with E-state index in [1.165, 1.54) is 18.2 Å². The lowest BCUT2D eigenvalue weighted by Crippen LogP contribution is -2.50. The summed E-state index contributed by atoms with van der Waals surface area (Å²) < 4.78 is 35.3. The van der Waals surface area contributed by atoms with Crippen LogP contribution in [0.15, 0.2) is 64.9 Å². The molecule has 0 amide bonds. The molecule has 8 nitrogen and oxygen atoms in total. The molecule has 11 heteroatoms. The SMILES string of the molecule is CC(C)(C)OC(=O)[C@]1(NS(=O)(=O)c2ccc(-c3ccc(Cl)c([N+](=O)[O-])c3)s2)CC1(C)c1ccccc1. The molecule has 0 saturated heterocycles. The monoisotopic (exact) mass is 548 g/mol. The van der Waals surface area contributed by atoms with Gasteiger partial charge in [0.25, 0.3) is 15.7 Å². The molecule has 1 aliphatic rings. The highest BCUT2D eigenvalue weighted by atomic mass is 35.5. The second kappa shape index (κ2) is 8.95.